The fraction of sp³-hybridized carbons (Fsp3) is 0. The maximum Gasteiger partial charge on any atom is 0.347 e. The molecule has 21 heavy (non-hydrogen) atoms. The minimum Gasteiger partial charge on any atom is -0.402 e. The molecule has 0 bridgehead atoms. The van der Waals surface area contributed by atoms with Crippen molar-refractivity contribution in [2.45, 2.75) is 0 Å². The molecule has 0 fully saturated rings. The Labute approximate surface area is 123 Å². The number of anilines is 1. The average Bonchev–Trinajstić information content (AvgIpc) is 2.85. The van der Waals surface area contributed by atoms with Crippen molar-refractivity contribution in [1.82, 2.24) is 4.98 Å². The van der Waals surface area contributed by atoms with Crippen LogP contribution in [0, 0.1) is 0 Å². The molecule has 102 valence electrons. The van der Waals surface area contributed by atoms with E-state index in [4.69, 9.17) is 10.2 Å². The Morgan fingerprint density at radius 3 is 2.52 bits per heavy atom. The van der Waals surface area contributed by atoms with Gasteiger partial charge in [0.25, 0.3) is 0 Å². The van der Waals surface area contributed by atoms with Crippen LogP contribution in [0.2, 0.25) is 0 Å². The summed E-state index contributed by atoms with van der Waals surface area (Å²) in [6.07, 6.45) is 0. The molecule has 0 unspecified atom stereocenters. The number of nitrogen functional groups attached to an aromatic ring is 1. The van der Waals surface area contributed by atoms with Gasteiger partial charge in [0.15, 0.2) is 0 Å². The SMILES string of the molecule is Nc1c(-c2nc3ccccc3c(=O)o2)sc2ccccc12. The molecule has 0 aliphatic heterocycles. The van der Waals surface area contributed by atoms with Gasteiger partial charge in [-0.1, -0.05) is 30.3 Å². The second kappa shape index (κ2) is 4.43. The van der Waals surface area contributed by atoms with Gasteiger partial charge in [-0.25, -0.2) is 9.78 Å². The molecular weight excluding hydrogens is 284 g/mol. The molecule has 0 aliphatic rings. The quantitative estimate of drug-likeness (QED) is 0.581. The molecule has 0 radical (unpaired) electrons. The Hall–Kier alpha value is -2.66. The van der Waals surface area contributed by atoms with Crippen LogP contribution in [0.4, 0.5) is 5.69 Å². The van der Waals surface area contributed by atoms with Crippen LogP contribution in [0.5, 0.6) is 0 Å². The van der Waals surface area contributed by atoms with E-state index < -0.39 is 5.63 Å². The predicted molar refractivity (Wildman–Crippen MR) is 85.5 cm³/mol. The summed E-state index contributed by atoms with van der Waals surface area (Å²) in [5.74, 6) is 0.275. The Morgan fingerprint density at radius 2 is 1.71 bits per heavy atom. The van der Waals surface area contributed by atoms with Gasteiger partial charge in [0.2, 0.25) is 5.89 Å². The molecule has 4 rings (SSSR count). The van der Waals surface area contributed by atoms with Gasteiger partial charge in [0, 0.05) is 10.1 Å². The summed E-state index contributed by atoms with van der Waals surface area (Å²) < 4.78 is 6.39. The van der Waals surface area contributed by atoms with E-state index in [0.717, 1.165) is 10.1 Å². The van der Waals surface area contributed by atoms with Crippen molar-refractivity contribution < 1.29 is 4.42 Å². The van der Waals surface area contributed by atoms with Crippen LogP contribution in [0.25, 0.3) is 31.8 Å². The predicted octanol–water partition coefficient (Wildman–Crippen LogP) is 3.65. The van der Waals surface area contributed by atoms with Crippen molar-refractivity contribution in [2.24, 2.45) is 0 Å². The van der Waals surface area contributed by atoms with Crippen LogP contribution < -0.4 is 11.4 Å². The first-order valence-corrected chi connectivity index (χ1v) is 7.23. The normalized spacial score (nSPS) is 11.2. The van der Waals surface area contributed by atoms with Crippen LogP contribution in [0.3, 0.4) is 0 Å². The molecule has 0 atom stereocenters. The highest BCUT2D eigenvalue weighted by Crippen LogP contribution is 2.39. The molecule has 0 saturated heterocycles. The van der Waals surface area contributed by atoms with Gasteiger partial charge in [-0.2, -0.15) is 0 Å². The smallest absolute Gasteiger partial charge is 0.347 e. The van der Waals surface area contributed by atoms with E-state index in [0.29, 0.717) is 21.5 Å². The van der Waals surface area contributed by atoms with Gasteiger partial charge in [-0.15, -0.1) is 11.3 Å². The molecule has 4 nitrogen and oxygen atoms in total. The topological polar surface area (TPSA) is 69.1 Å². The number of para-hydroxylation sites is 1. The number of fused-ring (bicyclic) bond motifs is 2. The second-order valence-corrected chi connectivity index (χ2v) is 5.72. The first kappa shape index (κ1) is 12.1. The molecule has 0 amide bonds. The molecule has 4 aromatic rings. The number of benzene rings is 2. The minimum atomic E-state index is -0.396. The van der Waals surface area contributed by atoms with Crippen molar-refractivity contribution in [2.75, 3.05) is 5.73 Å². The highest BCUT2D eigenvalue weighted by molar-refractivity contribution is 7.23. The third-order valence-electron chi connectivity index (χ3n) is 3.36. The van der Waals surface area contributed by atoms with Crippen LogP contribution in [-0.2, 0) is 0 Å². The first-order chi connectivity index (χ1) is 10.2. The van der Waals surface area contributed by atoms with Gasteiger partial charge >= 0.3 is 5.63 Å². The van der Waals surface area contributed by atoms with Crippen molar-refractivity contribution in [1.29, 1.82) is 0 Å². The average molecular weight is 294 g/mol. The number of hydrogen-bond donors (Lipinski definition) is 1. The Balaban J connectivity index is 2.04. The van der Waals surface area contributed by atoms with Crippen LogP contribution in [-0.4, -0.2) is 4.98 Å². The molecule has 2 N–H and O–H groups in total. The van der Waals surface area contributed by atoms with Crippen LogP contribution >= 0.6 is 11.3 Å². The van der Waals surface area contributed by atoms with E-state index in [9.17, 15) is 4.79 Å². The van der Waals surface area contributed by atoms with E-state index in [1.54, 1.807) is 18.2 Å². The lowest BCUT2D eigenvalue weighted by molar-refractivity contribution is 0.520. The van der Waals surface area contributed by atoms with Gasteiger partial charge in [0.05, 0.1) is 16.6 Å². The Morgan fingerprint density at radius 1 is 1.00 bits per heavy atom. The summed E-state index contributed by atoms with van der Waals surface area (Å²) in [4.78, 5) is 17.2. The van der Waals surface area contributed by atoms with Crippen LogP contribution in [0.1, 0.15) is 0 Å². The van der Waals surface area contributed by atoms with E-state index in [-0.39, 0.29) is 5.89 Å². The van der Waals surface area contributed by atoms with Crippen LogP contribution in [0.15, 0.2) is 57.7 Å². The molecule has 0 saturated carbocycles. The summed E-state index contributed by atoms with van der Waals surface area (Å²) in [5, 5.41) is 1.43. The molecule has 0 spiro atoms. The molecule has 2 aromatic heterocycles. The minimum absolute atomic E-state index is 0.275. The van der Waals surface area contributed by atoms with E-state index in [1.807, 2.05) is 30.3 Å². The fourth-order valence-electron chi connectivity index (χ4n) is 2.34. The summed E-state index contributed by atoms with van der Waals surface area (Å²) in [6, 6.07) is 14.9. The van der Waals surface area contributed by atoms with Crippen molar-refractivity contribution >= 4 is 38.0 Å². The van der Waals surface area contributed by atoms with E-state index in [1.165, 1.54) is 11.3 Å². The summed E-state index contributed by atoms with van der Waals surface area (Å²) in [5.41, 5.74) is 6.99. The van der Waals surface area contributed by atoms with Crippen molar-refractivity contribution in [3.63, 3.8) is 0 Å². The third kappa shape index (κ3) is 1.82. The summed E-state index contributed by atoms with van der Waals surface area (Å²) in [7, 11) is 0. The molecular formula is C16H10N2O2S. The maximum absolute atomic E-state index is 12.1. The monoisotopic (exact) mass is 294 g/mol. The van der Waals surface area contributed by atoms with E-state index >= 15 is 0 Å². The zero-order valence-corrected chi connectivity index (χ0v) is 11.7. The zero-order chi connectivity index (χ0) is 14.4. The maximum atomic E-state index is 12.1. The largest absolute Gasteiger partial charge is 0.402 e. The molecule has 2 heterocycles. The number of hydrogen-bond acceptors (Lipinski definition) is 5. The standard InChI is InChI=1S/C16H10N2O2S/c17-13-10-6-2-4-8-12(10)21-14(13)15-18-11-7-3-1-5-9(11)16(19)20-15/h1-8H,17H2. The summed E-state index contributed by atoms with van der Waals surface area (Å²) >= 11 is 1.47. The number of rotatable bonds is 1. The second-order valence-electron chi connectivity index (χ2n) is 4.66. The van der Waals surface area contributed by atoms with Gasteiger partial charge in [-0.3, -0.25) is 0 Å². The van der Waals surface area contributed by atoms with Gasteiger partial charge in [-0.05, 0) is 18.2 Å². The number of nitrogens with zero attached hydrogens (tertiary/aromatic N) is 1. The third-order valence-corrected chi connectivity index (χ3v) is 4.54. The summed E-state index contributed by atoms with van der Waals surface area (Å²) in [6.45, 7) is 0. The lowest BCUT2D eigenvalue weighted by Crippen LogP contribution is -2.02. The Bertz CT molecular complexity index is 1030. The number of thiophene rings is 1. The molecule has 0 aliphatic carbocycles. The van der Waals surface area contributed by atoms with Crippen molar-refractivity contribution in [3.05, 3.63) is 59.0 Å². The van der Waals surface area contributed by atoms with Crippen molar-refractivity contribution in [3.8, 4) is 10.8 Å². The van der Waals surface area contributed by atoms with Gasteiger partial charge < -0.3 is 10.2 Å². The molecule has 2 aromatic carbocycles. The fourth-order valence-corrected chi connectivity index (χ4v) is 3.39. The highest BCUT2D eigenvalue weighted by atomic mass is 32.1. The Kier molecular flexibility index (Phi) is 2.55. The number of aromatic nitrogens is 1. The van der Waals surface area contributed by atoms with E-state index in [2.05, 4.69) is 4.98 Å². The lowest BCUT2D eigenvalue weighted by atomic mass is 10.2. The zero-order valence-electron chi connectivity index (χ0n) is 10.9. The first-order valence-electron chi connectivity index (χ1n) is 6.41. The molecule has 5 heteroatoms. The number of nitrogens with two attached hydrogens (primary N) is 1. The lowest BCUT2D eigenvalue weighted by Gasteiger charge is -2.00. The highest BCUT2D eigenvalue weighted by Gasteiger charge is 2.16. The van der Waals surface area contributed by atoms with Gasteiger partial charge in [0.1, 0.15) is 4.88 Å².